The van der Waals surface area contributed by atoms with Crippen LogP contribution in [0.5, 0.6) is 0 Å². The Balaban J connectivity index is 2.70. The summed E-state index contributed by atoms with van der Waals surface area (Å²) in [5, 5.41) is 0.506. The molecule has 0 fully saturated rings. The third-order valence-electron chi connectivity index (χ3n) is 3.39. The van der Waals surface area contributed by atoms with Crippen LogP contribution in [0.2, 0.25) is 5.02 Å². The zero-order valence-corrected chi connectivity index (χ0v) is 12.9. The second-order valence-corrected chi connectivity index (χ2v) is 5.12. The predicted molar refractivity (Wildman–Crippen MR) is 81.9 cm³/mol. The second-order valence-electron chi connectivity index (χ2n) is 4.68. The van der Waals surface area contributed by atoms with Crippen molar-refractivity contribution >= 4 is 23.9 Å². The Labute approximate surface area is 128 Å². The molecule has 0 amide bonds. The van der Waals surface area contributed by atoms with Crippen LogP contribution in [-0.2, 0) is 11.8 Å². The Morgan fingerprint density at radius 3 is 2.71 bits per heavy atom. The largest absolute Gasteiger partial charge is 0.462 e. The summed E-state index contributed by atoms with van der Waals surface area (Å²) in [6, 6.07) is 4.97. The molecule has 2 rings (SSSR count). The van der Waals surface area contributed by atoms with Crippen molar-refractivity contribution in [3.8, 4) is 11.1 Å². The van der Waals surface area contributed by atoms with Crippen LogP contribution < -0.4 is 0 Å². The number of aromatic nitrogens is 1. The monoisotopic (exact) mass is 305 g/mol. The summed E-state index contributed by atoms with van der Waals surface area (Å²) < 4.78 is 6.94. The molecule has 1 aromatic carbocycles. The smallest absolute Gasteiger partial charge is 0.340 e. The first-order valence-electron chi connectivity index (χ1n) is 6.57. The Morgan fingerprint density at radius 2 is 2.10 bits per heavy atom. The van der Waals surface area contributed by atoms with E-state index in [-0.39, 0.29) is 0 Å². The molecule has 0 unspecified atom stereocenters. The summed E-state index contributed by atoms with van der Waals surface area (Å²) in [6.07, 6.45) is 2.56. The number of ether oxygens (including phenoxy) is 1. The molecule has 0 bridgehead atoms. The molecule has 2 aromatic rings. The molecule has 0 aliphatic rings. The van der Waals surface area contributed by atoms with Crippen LogP contribution in [0.15, 0.2) is 24.4 Å². The topological polar surface area (TPSA) is 48.3 Å². The van der Waals surface area contributed by atoms with Crippen LogP contribution in [0.25, 0.3) is 11.1 Å². The number of carbonyl (C=O) groups excluding carboxylic acids is 2. The van der Waals surface area contributed by atoms with Gasteiger partial charge in [0.05, 0.1) is 12.2 Å². The van der Waals surface area contributed by atoms with Gasteiger partial charge in [-0.15, -0.1) is 0 Å². The third-order valence-corrected chi connectivity index (χ3v) is 3.63. The maximum Gasteiger partial charge on any atom is 0.340 e. The van der Waals surface area contributed by atoms with Crippen molar-refractivity contribution in [1.82, 2.24) is 4.57 Å². The number of carbonyl (C=O) groups is 2. The molecule has 110 valence electrons. The van der Waals surface area contributed by atoms with E-state index < -0.39 is 5.97 Å². The Kier molecular flexibility index (Phi) is 4.48. The van der Waals surface area contributed by atoms with Crippen LogP contribution in [0.4, 0.5) is 0 Å². The fraction of sp³-hybridized carbons (Fsp3) is 0.250. The van der Waals surface area contributed by atoms with Crippen LogP contribution in [0.3, 0.4) is 0 Å². The van der Waals surface area contributed by atoms with Crippen molar-refractivity contribution in [2.24, 2.45) is 7.05 Å². The lowest BCUT2D eigenvalue weighted by Crippen LogP contribution is -2.07. The average molecular weight is 306 g/mol. The van der Waals surface area contributed by atoms with Gasteiger partial charge in [-0.25, -0.2) is 4.79 Å². The summed E-state index contributed by atoms with van der Waals surface area (Å²) in [4.78, 5) is 23.4. The fourth-order valence-electron chi connectivity index (χ4n) is 2.26. The molecule has 0 atom stereocenters. The number of halogens is 1. The van der Waals surface area contributed by atoms with E-state index in [1.165, 1.54) is 0 Å². The highest BCUT2D eigenvalue weighted by atomic mass is 35.5. The highest BCUT2D eigenvalue weighted by Gasteiger charge is 2.22. The maximum absolute atomic E-state index is 12.2. The van der Waals surface area contributed by atoms with Gasteiger partial charge in [-0.05, 0) is 37.6 Å². The van der Waals surface area contributed by atoms with Crippen molar-refractivity contribution in [3.05, 3.63) is 46.2 Å². The van der Waals surface area contributed by atoms with Crippen molar-refractivity contribution in [3.63, 3.8) is 0 Å². The van der Waals surface area contributed by atoms with E-state index in [1.807, 2.05) is 18.5 Å². The SMILES string of the molecule is CCOC(=O)c1c(-c2cc(Cl)ccc2C=O)cn(C)c1C. The molecule has 1 heterocycles. The Bertz CT molecular complexity index is 704. The van der Waals surface area contributed by atoms with Crippen molar-refractivity contribution in [2.45, 2.75) is 13.8 Å². The van der Waals surface area contributed by atoms with Gasteiger partial charge in [0.15, 0.2) is 6.29 Å². The average Bonchev–Trinajstić information content (AvgIpc) is 2.75. The third kappa shape index (κ3) is 2.85. The van der Waals surface area contributed by atoms with Gasteiger partial charge in [-0.3, -0.25) is 4.79 Å². The first kappa shape index (κ1) is 15.3. The lowest BCUT2D eigenvalue weighted by atomic mass is 9.98. The first-order valence-corrected chi connectivity index (χ1v) is 6.95. The van der Waals surface area contributed by atoms with E-state index in [2.05, 4.69) is 0 Å². The molecule has 5 heteroatoms. The lowest BCUT2D eigenvalue weighted by Gasteiger charge is -2.08. The van der Waals surface area contributed by atoms with Gasteiger partial charge < -0.3 is 9.30 Å². The summed E-state index contributed by atoms with van der Waals surface area (Å²) in [7, 11) is 1.84. The molecular weight excluding hydrogens is 290 g/mol. The molecule has 0 N–H and O–H groups in total. The normalized spacial score (nSPS) is 10.5. The molecule has 0 radical (unpaired) electrons. The van der Waals surface area contributed by atoms with Gasteiger partial charge in [-0.2, -0.15) is 0 Å². The van der Waals surface area contributed by atoms with Gasteiger partial charge in [0, 0.05) is 35.1 Å². The van der Waals surface area contributed by atoms with E-state index in [4.69, 9.17) is 16.3 Å². The number of rotatable bonds is 4. The Morgan fingerprint density at radius 1 is 1.38 bits per heavy atom. The van der Waals surface area contributed by atoms with E-state index in [9.17, 15) is 9.59 Å². The number of esters is 1. The molecule has 0 spiro atoms. The lowest BCUT2D eigenvalue weighted by molar-refractivity contribution is 0.0526. The van der Waals surface area contributed by atoms with Gasteiger partial charge in [-0.1, -0.05) is 11.6 Å². The molecule has 0 aliphatic heterocycles. The van der Waals surface area contributed by atoms with Crippen LogP contribution >= 0.6 is 11.6 Å². The molecule has 0 saturated carbocycles. The molecule has 0 saturated heterocycles. The van der Waals surface area contributed by atoms with Gasteiger partial charge in [0.2, 0.25) is 0 Å². The van der Waals surface area contributed by atoms with Crippen LogP contribution in [0.1, 0.15) is 33.3 Å². The van der Waals surface area contributed by atoms with Crippen LogP contribution in [-0.4, -0.2) is 23.4 Å². The summed E-state index contributed by atoms with van der Waals surface area (Å²) in [6.45, 7) is 3.88. The summed E-state index contributed by atoms with van der Waals surface area (Å²) in [5.74, 6) is -0.401. The number of hydrogen-bond acceptors (Lipinski definition) is 3. The Hall–Kier alpha value is -2.07. The molecular formula is C16H16ClNO3. The minimum absolute atomic E-state index is 0.294. The molecule has 4 nitrogen and oxygen atoms in total. The highest BCUT2D eigenvalue weighted by molar-refractivity contribution is 6.31. The second kappa shape index (κ2) is 6.14. The number of hydrogen-bond donors (Lipinski definition) is 0. The van der Waals surface area contributed by atoms with Gasteiger partial charge >= 0.3 is 5.97 Å². The molecule has 21 heavy (non-hydrogen) atoms. The standard InChI is InChI=1S/C16H16ClNO3/c1-4-21-16(20)15-10(2)18(3)8-14(15)13-7-12(17)6-5-11(13)9-19/h5-9H,4H2,1-3H3. The minimum Gasteiger partial charge on any atom is -0.462 e. The van der Waals surface area contributed by atoms with E-state index in [0.717, 1.165) is 12.0 Å². The number of nitrogens with zero attached hydrogens (tertiary/aromatic N) is 1. The van der Waals surface area contributed by atoms with Gasteiger partial charge in [0.1, 0.15) is 0 Å². The molecule has 0 aliphatic carbocycles. The number of benzene rings is 1. The first-order chi connectivity index (χ1) is 9.99. The number of aryl methyl sites for hydroxylation is 1. The summed E-state index contributed by atoms with van der Waals surface area (Å²) in [5.41, 5.74) is 3.00. The van der Waals surface area contributed by atoms with Crippen molar-refractivity contribution < 1.29 is 14.3 Å². The quantitative estimate of drug-likeness (QED) is 0.640. The minimum atomic E-state index is -0.401. The molecule has 1 aromatic heterocycles. The zero-order valence-electron chi connectivity index (χ0n) is 12.1. The zero-order chi connectivity index (χ0) is 15.6. The predicted octanol–water partition coefficient (Wildman–Crippen LogP) is 3.64. The van der Waals surface area contributed by atoms with Crippen molar-refractivity contribution in [2.75, 3.05) is 6.61 Å². The number of aldehydes is 1. The summed E-state index contributed by atoms with van der Waals surface area (Å²) >= 11 is 6.02. The van der Waals surface area contributed by atoms with E-state index in [1.54, 1.807) is 31.3 Å². The van der Waals surface area contributed by atoms with Crippen molar-refractivity contribution in [1.29, 1.82) is 0 Å². The maximum atomic E-state index is 12.2. The van der Waals surface area contributed by atoms with Gasteiger partial charge in [0.25, 0.3) is 0 Å². The van der Waals surface area contributed by atoms with Crippen LogP contribution in [0, 0.1) is 6.92 Å². The van der Waals surface area contributed by atoms with E-state index >= 15 is 0 Å². The fourth-order valence-corrected chi connectivity index (χ4v) is 2.43. The highest BCUT2D eigenvalue weighted by Crippen LogP contribution is 2.32. The van der Waals surface area contributed by atoms with E-state index in [0.29, 0.717) is 33.9 Å².